The largest absolute Gasteiger partial charge is 0.462 e. The summed E-state index contributed by atoms with van der Waals surface area (Å²) in [5.74, 6) is -1.25. The fourth-order valence-corrected chi connectivity index (χ4v) is 3.02. The van der Waals surface area contributed by atoms with Gasteiger partial charge in [-0.3, -0.25) is 9.48 Å². The standard InChI is InChI=1S/C18H20FN3O3/c1-2-25-18(24)13-10-20-22(11-13)14-6-5-9-21(12-14)17(23)15-7-3-4-8-16(15)19/h3-4,7-8,10-11,14H,2,5-6,9,12H2,1H3. The van der Waals surface area contributed by atoms with Gasteiger partial charge in [0.2, 0.25) is 0 Å². The molecule has 1 atom stereocenters. The summed E-state index contributed by atoms with van der Waals surface area (Å²) in [7, 11) is 0. The third-order valence-corrected chi connectivity index (χ3v) is 4.27. The number of ether oxygens (including phenoxy) is 1. The molecule has 0 saturated carbocycles. The number of carbonyl (C=O) groups excluding carboxylic acids is 2. The quantitative estimate of drug-likeness (QED) is 0.799. The first-order valence-electron chi connectivity index (χ1n) is 8.35. The highest BCUT2D eigenvalue weighted by Crippen LogP contribution is 2.23. The molecule has 132 valence electrons. The Morgan fingerprint density at radius 3 is 2.92 bits per heavy atom. The second kappa shape index (κ2) is 7.46. The van der Waals surface area contributed by atoms with Gasteiger partial charge in [0.25, 0.3) is 5.91 Å². The van der Waals surface area contributed by atoms with Gasteiger partial charge in [-0.25, -0.2) is 9.18 Å². The molecule has 1 aromatic heterocycles. The van der Waals surface area contributed by atoms with Gasteiger partial charge in [-0.15, -0.1) is 0 Å². The fourth-order valence-electron chi connectivity index (χ4n) is 3.02. The van der Waals surface area contributed by atoms with E-state index in [1.807, 2.05) is 0 Å². The maximum Gasteiger partial charge on any atom is 0.341 e. The number of benzene rings is 1. The van der Waals surface area contributed by atoms with E-state index < -0.39 is 11.8 Å². The molecule has 6 nitrogen and oxygen atoms in total. The predicted octanol–water partition coefficient (Wildman–Crippen LogP) is 2.68. The van der Waals surface area contributed by atoms with Crippen LogP contribution in [0.4, 0.5) is 4.39 Å². The normalized spacial score (nSPS) is 17.4. The topological polar surface area (TPSA) is 64.4 Å². The molecule has 0 aliphatic carbocycles. The molecule has 2 heterocycles. The molecule has 1 aliphatic heterocycles. The molecular formula is C18H20FN3O3. The summed E-state index contributed by atoms with van der Waals surface area (Å²) in [4.78, 5) is 26.0. The monoisotopic (exact) mass is 345 g/mol. The molecule has 0 N–H and O–H groups in total. The van der Waals surface area contributed by atoms with Crippen LogP contribution in [-0.4, -0.2) is 46.3 Å². The average Bonchev–Trinajstić information content (AvgIpc) is 3.12. The van der Waals surface area contributed by atoms with Gasteiger partial charge in [-0.2, -0.15) is 5.10 Å². The zero-order chi connectivity index (χ0) is 17.8. The summed E-state index contributed by atoms with van der Waals surface area (Å²) in [6.07, 6.45) is 4.74. The second-order valence-corrected chi connectivity index (χ2v) is 5.96. The molecule has 2 aromatic rings. The van der Waals surface area contributed by atoms with Crippen LogP contribution in [0.1, 0.15) is 46.5 Å². The van der Waals surface area contributed by atoms with Gasteiger partial charge in [-0.1, -0.05) is 12.1 Å². The molecule has 1 aromatic carbocycles. The van der Waals surface area contributed by atoms with Gasteiger partial charge in [0.05, 0.1) is 30.0 Å². The van der Waals surface area contributed by atoms with Gasteiger partial charge in [0.15, 0.2) is 0 Å². The van der Waals surface area contributed by atoms with Crippen LogP contribution in [0.2, 0.25) is 0 Å². The number of aromatic nitrogens is 2. The van der Waals surface area contributed by atoms with E-state index in [-0.39, 0.29) is 17.5 Å². The number of hydrogen-bond acceptors (Lipinski definition) is 4. The van der Waals surface area contributed by atoms with E-state index in [0.717, 1.165) is 12.8 Å². The molecule has 25 heavy (non-hydrogen) atoms. The Bertz CT molecular complexity index is 774. The highest BCUT2D eigenvalue weighted by molar-refractivity contribution is 5.94. The van der Waals surface area contributed by atoms with Gasteiger partial charge in [0, 0.05) is 19.3 Å². The molecule has 3 rings (SSSR count). The number of nitrogens with zero attached hydrogens (tertiary/aromatic N) is 3. The second-order valence-electron chi connectivity index (χ2n) is 5.96. The van der Waals surface area contributed by atoms with E-state index in [9.17, 15) is 14.0 Å². The van der Waals surface area contributed by atoms with Gasteiger partial charge in [-0.05, 0) is 31.9 Å². The SMILES string of the molecule is CCOC(=O)c1cnn(C2CCCN(C(=O)c3ccccc3F)C2)c1. The Hall–Kier alpha value is -2.70. The summed E-state index contributed by atoms with van der Waals surface area (Å²) in [5.41, 5.74) is 0.468. The summed E-state index contributed by atoms with van der Waals surface area (Å²) < 4.78 is 20.5. The van der Waals surface area contributed by atoms with Gasteiger partial charge < -0.3 is 9.64 Å². The number of likely N-dealkylation sites (tertiary alicyclic amines) is 1. The van der Waals surface area contributed by atoms with Crippen LogP contribution in [0, 0.1) is 5.82 Å². The smallest absolute Gasteiger partial charge is 0.341 e. The minimum Gasteiger partial charge on any atom is -0.462 e. The van der Waals surface area contributed by atoms with Crippen molar-refractivity contribution in [1.82, 2.24) is 14.7 Å². The number of halogens is 1. The lowest BCUT2D eigenvalue weighted by Gasteiger charge is -2.33. The Balaban J connectivity index is 1.72. The van der Waals surface area contributed by atoms with Crippen molar-refractivity contribution in [3.63, 3.8) is 0 Å². The van der Waals surface area contributed by atoms with Crippen molar-refractivity contribution in [2.75, 3.05) is 19.7 Å². The fraction of sp³-hybridized carbons (Fsp3) is 0.389. The van der Waals surface area contributed by atoms with Crippen molar-refractivity contribution >= 4 is 11.9 Å². The summed E-state index contributed by atoms with van der Waals surface area (Å²) in [5, 5.41) is 4.23. The molecule has 0 bridgehead atoms. The molecule has 1 saturated heterocycles. The first-order valence-corrected chi connectivity index (χ1v) is 8.35. The zero-order valence-electron chi connectivity index (χ0n) is 14.0. The summed E-state index contributed by atoms with van der Waals surface area (Å²) in [6.45, 7) is 3.06. The van der Waals surface area contributed by atoms with Crippen LogP contribution >= 0.6 is 0 Å². The van der Waals surface area contributed by atoms with Crippen molar-refractivity contribution in [1.29, 1.82) is 0 Å². The molecule has 7 heteroatoms. The zero-order valence-corrected chi connectivity index (χ0v) is 14.0. The Morgan fingerprint density at radius 2 is 2.16 bits per heavy atom. The number of amides is 1. The van der Waals surface area contributed by atoms with Crippen molar-refractivity contribution < 1.29 is 18.7 Å². The highest BCUT2D eigenvalue weighted by Gasteiger charge is 2.27. The Morgan fingerprint density at radius 1 is 1.36 bits per heavy atom. The van der Waals surface area contributed by atoms with Crippen LogP contribution in [-0.2, 0) is 4.74 Å². The molecule has 0 spiro atoms. The van der Waals surface area contributed by atoms with Crippen molar-refractivity contribution in [3.05, 3.63) is 53.6 Å². The molecule has 1 amide bonds. The van der Waals surface area contributed by atoms with Crippen LogP contribution in [0.15, 0.2) is 36.7 Å². The lowest BCUT2D eigenvalue weighted by Crippen LogP contribution is -2.41. The lowest BCUT2D eigenvalue weighted by atomic mass is 10.0. The number of rotatable bonds is 4. The maximum atomic E-state index is 13.9. The first-order chi connectivity index (χ1) is 12.1. The van der Waals surface area contributed by atoms with Crippen LogP contribution in [0.5, 0.6) is 0 Å². The third kappa shape index (κ3) is 3.70. The Kier molecular flexibility index (Phi) is 5.11. The maximum absolute atomic E-state index is 13.9. The van der Waals surface area contributed by atoms with E-state index in [1.54, 1.807) is 34.8 Å². The Labute approximate surface area is 145 Å². The van der Waals surface area contributed by atoms with E-state index in [0.29, 0.717) is 25.3 Å². The number of esters is 1. The first kappa shape index (κ1) is 17.1. The molecule has 1 fully saturated rings. The van der Waals surface area contributed by atoms with Crippen LogP contribution in [0.25, 0.3) is 0 Å². The minimum absolute atomic E-state index is 0.0485. The number of hydrogen-bond donors (Lipinski definition) is 0. The lowest BCUT2D eigenvalue weighted by molar-refractivity contribution is 0.0524. The molecular weight excluding hydrogens is 325 g/mol. The minimum atomic E-state index is -0.515. The van der Waals surface area contributed by atoms with Crippen molar-refractivity contribution in [2.24, 2.45) is 0 Å². The number of carbonyl (C=O) groups is 2. The van der Waals surface area contributed by atoms with Gasteiger partial charge in [0.1, 0.15) is 5.82 Å². The predicted molar refractivity (Wildman–Crippen MR) is 88.8 cm³/mol. The summed E-state index contributed by atoms with van der Waals surface area (Å²) in [6, 6.07) is 5.94. The molecule has 0 radical (unpaired) electrons. The van der Waals surface area contributed by atoms with E-state index in [4.69, 9.17) is 4.74 Å². The van der Waals surface area contributed by atoms with Gasteiger partial charge >= 0.3 is 5.97 Å². The van der Waals surface area contributed by atoms with E-state index >= 15 is 0 Å². The molecule has 1 aliphatic rings. The van der Waals surface area contributed by atoms with Crippen LogP contribution in [0.3, 0.4) is 0 Å². The van der Waals surface area contributed by atoms with Crippen LogP contribution < -0.4 is 0 Å². The highest BCUT2D eigenvalue weighted by atomic mass is 19.1. The third-order valence-electron chi connectivity index (χ3n) is 4.27. The summed E-state index contributed by atoms with van der Waals surface area (Å²) >= 11 is 0. The number of piperidine rings is 1. The van der Waals surface area contributed by atoms with E-state index in [2.05, 4.69) is 5.10 Å². The molecule has 1 unspecified atom stereocenters. The van der Waals surface area contributed by atoms with E-state index in [1.165, 1.54) is 18.3 Å². The van der Waals surface area contributed by atoms with Crippen molar-refractivity contribution in [2.45, 2.75) is 25.8 Å². The van der Waals surface area contributed by atoms with Crippen molar-refractivity contribution in [3.8, 4) is 0 Å². The average molecular weight is 345 g/mol.